The molecule has 3 aromatic carbocycles. The number of ether oxygens (including phenoxy) is 1. The van der Waals surface area contributed by atoms with Gasteiger partial charge in [0.2, 0.25) is 0 Å². The molecule has 0 bridgehead atoms. The largest absolute Gasteiger partial charge is 0.497 e. The summed E-state index contributed by atoms with van der Waals surface area (Å²) >= 11 is 3.36. The first-order valence-corrected chi connectivity index (χ1v) is 9.43. The van der Waals surface area contributed by atoms with Crippen molar-refractivity contribution >= 4 is 27.0 Å². The molecule has 0 atom stereocenters. The molecular formula is C22H20BrNO2. The molecule has 0 radical (unpaired) electrons. The van der Waals surface area contributed by atoms with Crippen LogP contribution in [0.15, 0.2) is 77.2 Å². The second kappa shape index (κ2) is 8.68. The Balaban J connectivity index is 0.000000206. The summed E-state index contributed by atoms with van der Waals surface area (Å²) in [7, 11) is 1.67. The molecular weight excluding hydrogens is 390 g/mol. The van der Waals surface area contributed by atoms with E-state index in [0.717, 1.165) is 33.3 Å². The van der Waals surface area contributed by atoms with E-state index in [1.807, 2.05) is 67.6 Å². The highest BCUT2D eigenvalue weighted by atomic mass is 79.9. The van der Waals surface area contributed by atoms with E-state index in [4.69, 9.17) is 9.15 Å². The smallest absolute Gasteiger partial charge is 0.192 e. The van der Waals surface area contributed by atoms with Crippen LogP contribution < -0.4 is 4.74 Å². The van der Waals surface area contributed by atoms with Gasteiger partial charge in [-0.3, -0.25) is 0 Å². The summed E-state index contributed by atoms with van der Waals surface area (Å²) in [5.41, 5.74) is 5.30. The minimum Gasteiger partial charge on any atom is -0.497 e. The average Bonchev–Trinajstić information content (AvgIpc) is 3.08. The van der Waals surface area contributed by atoms with Gasteiger partial charge in [-0.1, -0.05) is 64.5 Å². The van der Waals surface area contributed by atoms with Crippen molar-refractivity contribution in [1.82, 2.24) is 4.98 Å². The molecule has 1 aromatic heterocycles. The number of nitrogens with zero attached hydrogens (tertiary/aromatic N) is 1. The van der Waals surface area contributed by atoms with Gasteiger partial charge in [-0.05, 0) is 41.0 Å². The summed E-state index contributed by atoms with van der Waals surface area (Å²) in [6.45, 7) is 1.85. The molecule has 0 unspecified atom stereocenters. The van der Waals surface area contributed by atoms with Crippen LogP contribution in [0.5, 0.6) is 5.75 Å². The molecule has 0 saturated carbocycles. The van der Waals surface area contributed by atoms with Crippen molar-refractivity contribution in [2.75, 3.05) is 7.11 Å². The third kappa shape index (κ3) is 4.52. The van der Waals surface area contributed by atoms with Crippen LogP contribution in [0.25, 0.3) is 22.2 Å². The van der Waals surface area contributed by atoms with Gasteiger partial charge in [0.05, 0.1) is 7.11 Å². The fraction of sp³-hybridized carbons (Fsp3) is 0.136. The van der Waals surface area contributed by atoms with Gasteiger partial charge in [0, 0.05) is 12.3 Å². The molecule has 0 fully saturated rings. The molecule has 0 aliphatic heterocycles. The molecule has 0 saturated heterocycles. The number of alkyl halides is 1. The predicted molar refractivity (Wildman–Crippen MR) is 110 cm³/mol. The van der Waals surface area contributed by atoms with Crippen molar-refractivity contribution in [2.45, 2.75) is 12.3 Å². The maximum Gasteiger partial charge on any atom is 0.192 e. The third-order valence-corrected chi connectivity index (χ3v) is 4.56. The second-order valence-electron chi connectivity index (χ2n) is 5.76. The number of oxazole rings is 1. The molecule has 0 N–H and O–H groups in total. The van der Waals surface area contributed by atoms with Crippen molar-refractivity contribution < 1.29 is 9.15 Å². The zero-order chi connectivity index (χ0) is 18.4. The Hall–Kier alpha value is -2.59. The summed E-state index contributed by atoms with van der Waals surface area (Å²) in [4.78, 5) is 4.34. The van der Waals surface area contributed by atoms with Crippen molar-refractivity contribution in [2.24, 2.45) is 0 Å². The summed E-state index contributed by atoms with van der Waals surface area (Å²) < 4.78 is 10.6. The molecule has 26 heavy (non-hydrogen) atoms. The van der Waals surface area contributed by atoms with Gasteiger partial charge in [0.25, 0.3) is 0 Å². The molecule has 4 rings (SSSR count). The molecule has 0 amide bonds. The lowest BCUT2D eigenvalue weighted by Gasteiger charge is -2.03. The van der Waals surface area contributed by atoms with Crippen molar-refractivity contribution in [3.63, 3.8) is 0 Å². The first kappa shape index (κ1) is 18.2. The monoisotopic (exact) mass is 409 g/mol. The van der Waals surface area contributed by atoms with Crippen molar-refractivity contribution in [3.8, 4) is 16.9 Å². The van der Waals surface area contributed by atoms with Crippen LogP contribution in [0.1, 0.15) is 11.5 Å². The van der Waals surface area contributed by atoms with E-state index in [1.165, 1.54) is 5.56 Å². The summed E-state index contributed by atoms with van der Waals surface area (Å²) in [6.07, 6.45) is 0. The number of aromatic nitrogens is 1. The van der Waals surface area contributed by atoms with Crippen LogP contribution in [-0.4, -0.2) is 12.1 Å². The molecule has 132 valence electrons. The van der Waals surface area contributed by atoms with E-state index in [9.17, 15) is 0 Å². The Morgan fingerprint density at radius 3 is 2.23 bits per heavy atom. The van der Waals surface area contributed by atoms with Gasteiger partial charge >= 0.3 is 0 Å². The Labute approximate surface area is 161 Å². The fourth-order valence-corrected chi connectivity index (χ4v) is 2.95. The van der Waals surface area contributed by atoms with Gasteiger partial charge in [-0.15, -0.1) is 0 Å². The minimum atomic E-state index is 0.692. The molecule has 0 aliphatic rings. The molecule has 1 heterocycles. The number of hydrogen-bond acceptors (Lipinski definition) is 3. The summed E-state index contributed by atoms with van der Waals surface area (Å²) in [5, 5.41) is 0.952. The van der Waals surface area contributed by atoms with E-state index in [-0.39, 0.29) is 0 Å². The lowest BCUT2D eigenvalue weighted by molar-refractivity contribution is 0.415. The van der Waals surface area contributed by atoms with Crippen LogP contribution >= 0.6 is 15.9 Å². The lowest BCUT2D eigenvalue weighted by atomic mass is 10.1. The Morgan fingerprint density at radius 2 is 1.62 bits per heavy atom. The quantitative estimate of drug-likeness (QED) is 0.367. The predicted octanol–water partition coefficient (Wildman–Crippen LogP) is 6.39. The molecule has 4 heteroatoms. The van der Waals surface area contributed by atoms with E-state index in [1.54, 1.807) is 7.11 Å². The number of benzene rings is 3. The Kier molecular flexibility index (Phi) is 6.08. The van der Waals surface area contributed by atoms with E-state index in [2.05, 4.69) is 33.0 Å². The van der Waals surface area contributed by atoms with Gasteiger partial charge < -0.3 is 9.15 Å². The van der Waals surface area contributed by atoms with Gasteiger partial charge in [-0.25, -0.2) is 4.98 Å². The standard InChI is InChI=1S/C15H13NO2.C7H7Br/c1-10-16-14-9-12(5-8-15(14)18-10)11-3-6-13(17-2)7-4-11;8-6-7-4-2-1-3-5-7/h3-9H,1-2H3;1-5H,6H2. The van der Waals surface area contributed by atoms with Gasteiger partial charge in [-0.2, -0.15) is 0 Å². The molecule has 4 aromatic rings. The van der Waals surface area contributed by atoms with E-state index >= 15 is 0 Å². The van der Waals surface area contributed by atoms with Crippen LogP contribution in [-0.2, 0) is 5.33 Å². The normalized spacial score (nSPS) is 10.3. The van der Waals surface area contributed by atoms with Crippen molar-refractivity contribution in [3.05, 3.63) is 84.3 Å². The maximum atomic E-state index is 5.46. The zero-order valence-corrected chi connectivity index (χ0v) is 16.4. The third-order valence-electron chi connectivity index (χ3n) is 3.91. The highest BCUT2D eigenvalue weighted by Gasteiger charge is 2.04. The SMILES string of the molecule is BrCc1ccccc1.COc1ccc(-c2ccc3oc(C)nc3c2)cc1. The van der Waals surface area contributed by atoms with Crippen LogP contribution in [0, 0.1) is 6.92 Å². The second-order valence-corrected chi connectivity index (χ2v) is 6.32. The van der Waals surface area contributed by atoms with E-state index in [0.29, 0.717) is 5.89 Å². The highest BCUT2D eigenvalue weighted by molar-refractivity contribution is 9.08. The van der Waals surface area contributed by atoms with Crippen LogP contribution in [0.2, 0.25) is 0 Å². The fourth-order valence-electron chi connectivity index (χ4n) is 2.57. The average molecular weight is 410 g/mol. The first-order chi connectivity index (χ1) is 12.7. The molecule has 0 aliphatic carbocycles. The number of fused-ring (bicyclic) bond motifs is 1. The topological polar surface area (TPSA) is 35.3 Å². The van der Waals surface area contributed by atoms with Gasteiger partial charge in [0.15, 0.2) is 11.5 Å². The number of methoxy groups -OCH3 is 1. The van der Waals surface area contributed by atoms with Crippen LogP contribution in [0.4, 0.5) is 0 Å². The lowest BCUT2D eigenvalue weighted by Crippen LogP contribution is -1.82. The number of rotatable bonds is 3. The van der Waals surface area contributed by atoms with Gasteiger partial charge in [0.1, 0.15) is 11.3 Å². The van der Waals surface area contributed by atoms with Crippen molar-refractivity contribution in [1.29, 1.82) is 0 Å². The minimum absolute atomic E-state index is 0.692. The Morgan fingerprint density at radius 1 is 0.923 bits per heavy atom. The first-order valence-electron chi connectivity index (χ1n) is 8.31. The Bertz CT molecular complexity index is 963. The zero-order valence-electron chi connectivity index (χ0n) is 14.8. The number of aryl methyl sites for hydroxylation is 1. The number of halogens is 1. The molecule has 0 spiro atoms. The number of hydrogen-bond donors (Lipinski definition) is 0. The van der Waals surface area contributed by atoms with E-state index < -0.39 is 0 Å². The summed E-state index contributed by atoms with van der Waals surface area (Å²) in [5.74, 6) is 1.55. The highest BCUT2D eigenvalue weighted by Crippen LogP contribution is 2.26. The summed E-state index contributed by atoms with van der Waals surface area (Å²) in [6, 6.07) is 24.3. The maximum absolute atomic E-state index is 5.46. The van der Waals surface area contributed by atoms with Crippen LogP contribution in [0.3, 0.4) is 0 Å². The molecule has 3 nitrogen and oxygen atoms in total.